The molecule has 0 aromatic heterocycles. The van der Waals surface area contributed by atoms with Crippen LogP contribution in [0.4, 0.5) is 4.79 Å². The number of nitrogens with zero attached hydrogens (tertiary/aromatic N) is 1. The van der Waals surface area contributed by atoms with Crippen LogP contribution in [0.1, 0.15) is 37.7 Å². The highest BCUT2D eigenvalue weighted by atomic mass is 16.7. The van der Waals surface area contributed by atoms with Crippen LogP contribution in [-0.2, 0) is 30.6 Å². The molecule has 2 rings (SSSR count). The third-order valence-electron chi connectivity index (χ3n) is 4.29. The molecular formula is C19H25N3O7. The Labute approximate surface area is 167 Å². The van der Waals surface area contributed by atoms with E-state index in [1.54, 1.807) is 24.3 Å². The number of unbranched alkanes of at least 4 members (excludes halogenated alkanes) is 1. The van der Waals surface area contributed by atoms with Gasteiger partial charge in [-0.05, 0) is 24.9 Å². The maximum absolute atomic E-state index is 12.2. The lowest BCUT2D eigenvalue weighted by molar-refractivity contribution is -0.204. The van der Waals surface area contributed by atoms with Gasteiger partial charge in [-0.2, -0.15) is 0 Å². The van der Waals surface area contributed by atoms with Crippen LogP contribution in [0.25, 0.3) is 0 Å². The molecule has 1 aliphatic heterocycles. The first kappa shape index (κ1) is 22.3. The summed E-state index contributed by atoms with van der Waals surface area (Å²) >= 11 is 0. The first-order valence-electron chi connectivity index (χ1n) is 9.35. The fourth-order valence-corrected chi connectivity index (χ4v) is 2.70. The van der Waals surface area contributed by atoms with Crippen molar-refractivity contribution in [3.63, 3.8) is 0 Å². The zero-order valence-corrected chi connectivity index (χ0v) is 15.9. The number of carbonyl (C=O) groups excluding carboxylic acids is 4. The van der Waals surface area contributed by atoms with Crippen LogP contribution >= 0.6 is 0 Å². The molecule has 0 spiro atoms. The van der Waals surface area contributed by atoms with Gasteiger partial charge in [-0.3, -0.25) is 9.59 Å². The number of rotatable bonds is 10. The summed E-state index contributed by atoms with van der Waals surface area (Å²) in [5.41, 5.74) is 6.23. The minimum Gasteiger partial charge on any atom is -0.445 e. The van der Waals surface area contributed by atoms with Gasteiger partial charge in [0.1, 0.15) is 6.61 Å². The van der Waals surface area contributed by atoms with E-state index in [0.29, 0.717) is 24.4 Å². The molecule has 4 N–H and O–H groups in total. The van der Waals surface area contributed by atoms with Crippen LogP contribution in [0.15, 0.2) is 30.3 Å². The molecule has 158 valence electrons. The minimum absolute atomic E-state index is 0.0134. The van der Waals surface area contributed by atoms with Crippen molar-refractivity contribution in [3.8, 4) is 0 Å². The number of benzene rings is 1. The fourth-order valence-electron chi connectivity index (χ4n) is 2.70. The van der Waals surface area contributed by atoms with Crippen molar-refractivity contribution in [1.82, 2.24) is 10.4 Å². The molecular weight excluding hydrogens is 382 g/mol. The van der Waals surface area contributed by atoms with Crippen molar-refractivity contribution in [1.29, 1.82) is 0 Å². The maximum Gasteiger partial charge on any atom is 0.407 e. The summed E-state index contributed by atoms with van der Waals surface area (Å²) < 4.78 is 5.11. The zero-order valence-electron chi connectivity index (χ0n) is 15.9. The lowest BCUT2D eigenvalue weighted by Crippen LogP contribution is -2.49. The first-order chi connectivity index (χ1) is 13.9. The van der Waals surface area contributed by atoms with Crippen LogP contribution in [-0.4, -0.2) is 52.7 Å². The Hall–Kier alpha value is -2.98. The number of alkyl carbamates (subject to hydrolysis) is 1. The second-order valence-corrected chi connectivity index (χ2v) is 6.53. The summed E-state index contributed by atoms with van der Waals surface area (Å²) in [6, 6.07) is 7.95. The molecule has 1 unspecified atom stereocenters. The van der Waals surface area contributed by atoms with Crippen molar-refractivity contribution in [3.05, 3.63) is 35.9 Å². The molecule has 1 saturated heterocycles. The largest absolute Gasteiger partial charge is 0.445 e. The standard InChI is InChI=1S/C19H25N3O7/c20-11-5-4-8-14(21-19(27)28-12-13-6-2-1-3-7-13)17(25)18(26)29-22-15(23)9-10-16(22)24/h1-3,6-7,14,17,25H,4-5,8-12,20H2,(H,21,27)/t14-,17?/m0/s1. The van der Waals surface area contributed by atoms with Gasteiger partial charge in [-0.25, -0.2) is 9.59 Å². The second-order valence-electron chi connectivity index (χ2n) is 6.53. The molecule has 1 fully saturated rings. The first-order valence-corrected chi connectivity index (χ1v) is 9.35. The van der Waals surface area contributed by atoms with E-state index in [1.165, 1.54) is 0 Å². The van der Waals surface area contributed by atoms with Gasteiger partial charge in [0.2, 0.25) is 0 Å². The Kier molecular flexibility index (Phi) is 8.56. The smallest absolute Gasteiger partial charge is 0.407 e. The van der Waals surface area contributed by atoms with E-state index >= 15 is 0 Å². The Balaban J connectivity index is 1.93. The Morgan fingerprint density at radius 3 is 2.41 bits per heavy atom. The summed E-state index contributed by atoms with van der Waals surface area (Å²) in [7, 11) is 0. The summed E-state index contributed by atoms with van der Waals surface area (Å²) in [5, 5.41) is 13.1. The molecule has 1 aromatic carbocycles. The molecule has 29 heavy (non-hydrogen) atoms. The number of hydroxylamine groups is 2. The Morgan fingerprint density at radius 1 is 1.14 bits per heavy atom. The van der Waals surface area contributed by atoms with E-state index in [4.69, 9.17) is 15.3 Å². The Morgan fingerprint density at radius 2 is 1.79 bits per heavy atom. The van der Waals surface area contributed by atoms with Crippen molar-refractivity contribution in [2.24, 2.45) is 5.73 Å². The third kappa shape index (κ3) is 6.84. The highest BCUT2D eigenvalue weighted by Gasteiger charge is 2.37. The predicted octanol–water partition coefficient (Wildman–Crippen LogP) is 0.378. The number of nitrogens with one attached hydrogen (secondary N) is 1. The van der Waals surface area contributed by atoms with Gasteiger partial charge < -0.3 is 25.7 Å². The lowest BCUT2D eigenvalue weighted by Gasteiger charge is -2.23. The molecule has 10 heteroatoms. The molecule has 2 atom stereocenters. The number of hydrogen-bond donors (Lipinski definition) is 3. The molecule has 1 aliphatic rings. The molecule has 10 nitrogen and oxygen atoms in total. The number of imide groups is 1. The van der Waals surface area contributed by atoms with E-state index in [0.717, 1.165) is 5.56 Å². The normalized spacial score (nSPS) is 15.7. The SMILES string of the molecule is NCCCC[C@H](NC(=O)OCc1ccccc1)C(O)C(=O)ON1C(=O)CCC1=O. The van der Waals surface area contributed by atoms with Crippen molar-refractivity contribution in [2.75, 3.05) is 6.54 Å². The molecule has 0 aliphatic carbocycles. The number of aliphatic hydroxyl groups is 1. The highest BCUT2D eigenvalue weighted by molar-refractivity contribution is 6.01. The average molecular weight is 407 g/mol. The van der Waals surface area contributed by atoms with E-state index in [1.807, 2.05) is 6.07 Å². The predicted molar refractivity (Wildman–Crippen MR) is 99.6 cm³/mol. The molecule has 0 saturated carbocycles. The van der Waals surface area contributed by atoms with E-state index in [2.05, 4.69) is 5.32 Å². The Bertz CT molecular complexity index is 710. The van der Waals surface area contributed by atoms with Gasteiger partial charge in [0.15, 0.2) is 6.10 Å². The molecule has 3 amide bonds. The summed E-state index contributed by atoms with van der Waals surface area (Å²) in [4.78, 5) is 52.1. The third-order valence-corrected chi connectivity index (χ3v) is 4.29. The minimum atomic E-state index is -1.79. The van der Waals surface area contributed by atoms with E-state index in [-0.39, 0.29) is 25.9 Å². The number of amides is 3. The topological polar surface area (TPSA) is 148 Å². The molecule has 1 heterocycles. The van der Waals surface area contributed by atoms with Crippen molar-refractivity contribution in [2.45, 2.75) is 50.9 Å². The van der Waals surface area contributed by atoms with Crippen LogP contribution in [0.2, 0.25) is 0 Å². The van der Waals surface area contributed by atoms with Crippen LogP contribution in [0, 0.1) is 0 Å². The maximum atomic E-state index is 12.2. The summed E-state index contributed by atoms with van der Waals surface area (Å²) in [6.07, 6.45) is -1.40. The summed E-state index contributed by atoms with van der Waals surface area (Å²) in [5.74, 6) is -2.54. The average Bonchev–Trinajstić information content (AvgIpc) is 3.04. The second kappa shape index (κ2) is 11.1. The molecule has 0 bridgehead atoms. The van der Waals surface area contributed by atoms with E-state index in [9.17, 15) is 24.3 Å². The van der Waals surface area contributed by atoms with Gasteiger partial charge >= 0.3 is 12.1 Å². The van der Waals surface area contributed by atoms with Crippen LogP contribution < -0.4 is 11.1 Å². The number of aliphatic hydroxyl groups excluding tert-OH is 1. The monoisotopic (exact) mass is 407 g/mol. The number of hydrogen-bond acceptors (Lipinski definition) is 8. The molecule has 0 radical (unpaired) electrons. The summed E-state index contributed by atoms with van der Waals surface area (Å²) in [6.45, 7) is 0.419. The van der Waals surface area contributed by atoms with Crippen LogP contribution in [0.3, 0.4) is 0 Å². The number of ether oxygens (including phenoxy) is 1. The highest BCUT2D eigenvalue weighted by Crippen LogP contribution is 2.15. The number of carbonyl (C=O) groups is 4. The van der Waals surface area contributed by atoms with Gasteiger partial charge in [0.25, 0.3) is 11.8 Å². The van der Waals surface area contributed by atoms with Gasteiger partial charge in [0.05, 0.1) is 6.04 Å². The zero-order chi connectivity index (χ0) is 21.2. The fraction of sp³-hybridized carbons (Fsp3) is 0.474. The quantitative estimate of drug-likeness (QED) is 0.372. The van der Waals surface area contributed by atoms with E-state index < -0.39 is 36.0 Å². The van der Waals surface area contributed by atoms with Gasteiger partial charge in [-0.15, -0.1) is 5.06 Å². The van der Waals surface area contributed by atoms with Crippen molar-refractivity contribution < 1.29 is 33.9 Å². The van der Waals surface area contributed by atoms with Crippen molar-refractivity contribution >= 4 is 23.9 Å². The lowest BCUT2D eigenvalue weighted by atomic mass is 10.0. The van der Waals surface area contributed by atoms with Gasteiger partial charge in [-0.1, -0.05) is 36.8 Å². The van der Waals surface area contributed by atoms with Gasteiger partial charge in [0, 0.05) is 12.8 Å². The number of nitrogens with two attached hydrogens (primary N) is 1. The molecule has 1 aromatic rings. The van der Waals surface area contributed by atoms with Crippen LogP contribution in [0.5, 0.6) is 0 Å².